The Labute approximate surface area is 111 Å². The van der Waals surface area contributed by atoms with Crippen LogP contribution in [0, 0.1) is 0 Å². The number of rotatable bonds is 8. The van der Waals surface area contributed by atoms with Crippen LogP contribution in [0.4, 0.5) is 0 Å². The summed E-state index contributed by atoms with van der Waals surface area (Å²) in [6.45, 7) is 1.23. The van der Waals surface area contributed by atoms with Crippen LogP contribution in [0.1, 0.15) is 24.6 Å². The Hall–Kier alpha value is -0.330. The van der Waals surface area contributed by atoms with E-state index in [9.17, 15) is 0 Å². The van der Waals surface area contributed by atoms with E-state index in [1.54, 1.807) is 13.3 Å². The standard InChI is InChI=1S/C10H18Cl2N4O/c1-17-6-5-16-10(8(12)7-14-16)9(15-13)3-2-4-11/h7,9,15H,2-6,13H2,1H3. The number of alkyl halides is 1. The molecule has 0 aliphatic rings. The highest BCUT2D eigenvalue weighted by molar-refractivity contribution is 6.31. The minimum atomic E-state index is -0.0411. The average Bonchev–Trinajstić information content (AvgIpc) is 2.70. The first-order valence-corrected chi connectivity index (χ1v) is 6.38. The number of hydrogen-bond donors (Lipinski definition) is 2. The van der Waals surface area contributed by atoms with Crippen LogP contribution in [0.3, 0.4) is 0 Å². The summed E-state index contributed by atoms with van der Waals surface area (Å²) in [5.41, 5.74) is 3.64. The molecule has 0 saturated heterocycles. The van der Waals surface area contributed by atoms with E-state index < -0.39 is 0 Å². The Kier molecular flexibility index (Phi) is 6.84. The second-order valence-electron chi connectivity index (χ2n) is 3.64. The van der Waals surface area contributed by atoms with Crippen molar-refractivity contribution in [3.05, 3.63) is 16.9 Å². The van der Waals surface area contributed by atoms with Gasteiger partial charge >= 0.3 is 0 Å². The molecule has 98 valence electrons. The van der Waals surface area contributed by atoms with Crippen molar-refractivity contribution in [3.8, 4) is 0 Å². The van der Waals surface area contributed by atoms with Crippen molar-refractivity contribution in [2.45, 2.75) is 25.4 Å². The molecule has 3 N–H and O–H groups in total. The van der Waals surface area contributed by atoms with Gasteiger partial charge in [-0.1, -0.05) is 11.6 Å². The molecule has 0 aliphatic heterocycles. The van der Waals surface area contributed by atoms with Gasteiger partial charge in [-0.2, -0.15) is 5.10 Å². The van der Waals surface area contributed by atoms with E-state index in [0.717, 1.165) is 18.5 Å². The number of halogens is 2. The number of hydrogen-bond acceptors (Lipinski definition) is 4. The molecule has 0 radical (unpaired) electrons. The molecule has 1 rings (SSSR count). The van der Waals surface area contributed by atoms with Gasteiger partial charge in [-0.05, 0) is 12.8 Å². The fourth-order valence-electron chi connectivity index (χ4n) is 1.65. The smallest absolute Gasteiger partial charge is 0.0834 e. The van der Waals surface area contributed by atoms with Crippen LogP contribution < -0.4 is 11.3 Å². The molecule has 1 aromatic rings. The van der Waals surface area contributed by atoms with E-state index >= 15 is 0 Å². The second-order valence-corrected chi connectivity index (χ2v) is 4.43. The monoisotopic (exact) mass is 280 g/mol. The molecule has 1 unspecified atom stereocenters. The van der Waals surface area contributed by atoms with Crippen molar-refractivity contribution in [2.75, 3.05) is 19.6 Å². The summed E-state index contributed by atoms with van der Waals surface area (Å²) in [5.74, 6) is 6.15. The summed E-state index contributed by atoms with van der Waals surface area (Å²) in [4.78, 5) is 0. The second kappa shape index (κ2) is 7.89. The fourth-order valence-corrected chi connectivity index (χ4v) is 2.08. The van der Waals surface area contributed by atoms with Crippen molar-refractivity contribution in [1.82, 2.24) is 15.2 Å². The third kappa shape index (κ3) is 4.12. The van der Waals surface area contributed by atoms with Gasteiger partial charge in [-0.15, -0.1) is 11.6 Å². The molecule has 17 heavy (non-hydrogen) atoms. The maximum Gasteiger partial charge on any atom is 0.0834 e. The normalized spacial score (nSPS) is 12.9. The van der Waals surface area contributed by atoms with Crippen LogP contribution in [0.2, 0.25) is 5.02 Å². The minimum Gasteiger partial charge on any atom is -0.383 e. The quantitative estimate of drug-likeness (QED) is 0.432. The molecule has 1 heterocycles. The number of nitrogens with one attached hydrogen (secondary N) is 1. The lowest BCUT2D eigenvalue weighted by atomic mass is 10.1. The van der Waals surface area contributed by atoms with Crippen LogP contribution in [0.25, 0.3) is 0 Å². The first kappa shape index (κ1) is 14.7. The third-order valence-electron chi connectivity index (χ3n) is 2.50. The van der Waals surface area contributed by atoms with Crippen LogP contribution >= 0.6 is 23.2 Å². The number of methoxy groups -OCH3 is 1. The SMILES string of the molecule is COCCn1ncc(Cl)c1C(CCCCl)NN. The highest BCUT2D eigenvalue weighted by Crippen LogP contribution is 2.25. The Morgan fingerprint density at radius 3 is 3.00 bits per heavy atom. The third-order valence-corrected chi connectivity index (χ3v) is 3.06. The Bertz CT molecular complexity index is 332. The van der Waals surface area contributed by atoms with Gasteiger partial charge in [0.05, 0.1) is 36.1 Å². The molecule has 5 nitrogen and oxygen atoms in total. The fraction of sp³-hybridized carbons (Fsp3) is 0.700. The molecule has 0 aromatic carbocycles. The van der Waals surface area contributed by atoms with E-state index in [1.165, 1.54) is 0 Å². The van der Waals surface area contributed by atoms with Gasteiger partial charge in [-0.25, -0.2) is 0 Å². The molecule has 0 saturated carbocycles. The molecule has 0 amide bonds. The van der Waals surface area contributed by atoms with Gasteiger partial charge in [0.15, 0.2) is 0 Å². The van der Waals surface area contributed by atoms with Gasteiger partial charge in [-0.3, -0.25) is 16.0 Å². The first-order valence-electron chi connectivity index (χ1n) is 5.46. The number of ether oxygens (including phenoxy) is 1. The van der Waals surface area contributed by atoms with Gasteiger partial charge in [0.1, 0.15) is 0 Å². The van der Waals surface area contributed by atoms with Crippen molar-refractivity contribution in [3.63, 3.8) is 0 Å². The lowest BCUT2D eigenvalue weighted by molar-refractivity contribution is 0.181. The van der Waals surface area contributed by atoms with E-state index in [0.29, 0.717) is 24.1 Å². The Balaban J connectivity index is 2.80. The average molecular weight is 281 g/mol. The molecule has 0 bridgehead atoms. The predicted molar refractivity (Wildman–Crippen MR) is 69.1 cm³/mol. The van der Waals surface area contributed by atoms with E-state index in [4.69, 9.17) is 33.8 Å². The Morgan fingerprint density at radius 1 is 1.65 bits per heavy atom. The van der Waals surface area contributed by atoms with E-state index in [1.807, 2.05) is 4.68 Å². The molecule has 1 atom stereocenters. The van der Waals surface area contributed by atoms with Gasteiger partial charge in [0, 0.05) is 13.0 Å². The maximum atomic E-state index is 6.12. The number of aromatic nitrogens is 2. The number of nitrogens with two attached hydrogens (primary N) is 1. The summed E-state index contributed by atoms with van der Waals surface area (Å²) in [7, 11) is 1.65. The van der Waals surface area contributed by atoms with Crippen molar-refractivity contribution >= 4 is 23.2 Å². The number of hydrazine groups is 1. The predicted octanol–water partition coefficient (Wildman–Crippen LogP) is 1.71. The summed E-state index contributed by atoms with van der Waals surface area (Å²) in [6, 6.07) is -0.0411. The summed E-state index contributed by atoms with van der Waals surface area (Å²) >= 11 is 11.8. The van der Waals surface area contributed by atoms with Gasteiger partial charge in [0.25, 0.3) is 0 Å². The molecular formula is C10H18Cl2N4O. The van der Waals surface area contributed by atoms with Crippen LogP contribution in [-0.4, -0.2) is 29.4 Å². The van der Waals surface area contributed by atoms with Crippen LogP contribution in [0.15, 0.2) is 6.20 Å². The maximum absolute atomic E-state index is 6.12. The molecule has 7 heteroatoms. The topological polar surface area (TPSA) is 65.1 Å². The zero-order valence-electron chi connectivity index (χ0n) is 9.83. The summed E-state index contributed by atoms with van der Waals surface area (Å²) in [5, 5.41) is 4.82. The first-order chi connectivity index (χ1) is 8.24. The summed E-state index contributed by atoms with van der Waals surface area (Å²) in [6.07, 6.45) is 3.30. The van der Waals surface area contributed by atoms with Crippen LogP contribution in [0.5, 0.6) is 0 Å². The minimum absolute atomic E-state index is 0.0411. The lowest BCUT2D eigenvalue weighted by Crippen LogP contribution is -2.30. The van der Waals surface area contributed by atoms with E-state index in [2.05, 4.69) is 10.5 Å². The molecule has 0 fully saturated rings. The molecular weight excluding hydrogens is 263 g/mol. The molecule has 0 aliphatic carbocycles. The van der Waals surface area contributed by atoms with Crippen molar-refractivity contribution < 1.29 is 4.74 Å². The lowest BCUT2D eigenvalue weighted by Gasteiger charge is -2.17. The van der Waals surface area contributed by atoms with Gasteiger partial charge < -0.3 is 4.74 Å². The zero-order valence-corrected chi connectivity index (χ0v) is 11.3. The molecule has 0 spiro atoms. The zero-order chi connectivity index (χ0) is 12.7. The highest BCUT2D eigenvalue weighted by atomic mass is 35.5. The number of nitrogens with zero attached hydrogens (tertiary/aromatic N) is 2. The highest BCUT2D eigenvalue weighted by Gasteiger charge is 2.18. The van der Waals surface area contributed by atoms with E-state index in [-0.39, 0.29) is 6.04 Å². The largest absolute Gasteiger partial charge is 0.383 e. The Morgan fingerprint density at radius 2 is 2.41 bits per heavy atom. The van der Waals surface area contributed by atoms with Gasteiger partial charge in [0.2, 0.25) is 0 Å². The molecule has 1 aromatic heterocycles. The summed E-state index contributed by atoms with van der Waals surface area (Å²) < 4.78 is 6.84. The van der Waals surface area contributed by atoms with Crippen molar-refractivity contribution in [1.29, 1.82) is 0 Å². The van der Waals surface area contributed by atoms with Crippen LogP contribution in [-0.2, 0) is 11.3 Å². The van der Waals surface area contributed by atoms with Crippen molar-refractivity contribution in [2.24, 2.45) is 5.84 Å².